The van der Waals surface area contributed by atoms with Gasteiger partial charge in [0.2, 0.25) is 0 Å². The third-order valence-electron chi connectivity index (χ3n) is 2.72. The van der Waals surface area contributed by atoms with Crippen LogP contribution in [0.5, 0.6) is 0 Å². The molecule has 1 N–H and O–H groups in total. The summed E-state index contributed by atoms with van der Waals surface area (Å²) in [6.45, 7) is 1.87. The molecule has 100 valence electrons. The largest absolute Gasteiger partial charge is 0.478 e. The van der Waals surface area contributed by atoms with Crippen molar-refractivity contribution >= 4 is 16.8 Å². The Morgan fingerprint density at radius 2 is 2.16 bits per heavy atom. The molecule has 6 heteroatoms. The minimum Gasteiger partial charge on any atom is -0.478 e. The number of rotatable bonds is 4. The van der Waals surface area contributed by atoms with Crippen molar-refractivity contribution in [1.29, 1.82) is 0 Å². The highest BCUT2D eigenvalue weighted by Gasteiger charge is 2.11. The molecule has 0 saturated carbocycles. The van der Waals surface area contributed by atoms with E-state index in [1.54, 1.807) is 23.9 Å². The highest BCUT2D eigenvalue weighted by atomic mass is 32.2. The fraction of sp³-hybridized carbons (Fsp3) is 0.231. The van der Waals surface area contributed by atoms with Gasteiger partial charge in [-0.15, -0.1) is 0 Å². The van der Waals surface area contributed by atoms with Crippen molar-refractivity contribution in [2.45, 2.75) is 17.6 Å². The molecule has 1 heterocycles. The fourth-order valence-corrected chi connectivity index (χ4v) is 2.98. The van der Waals surface area contributed by atoms with Crippen molar-refractivity contribution in [3.8, 4) is 0 Å². The maximum atomic E-state index is 12.2. The lowest BCUT2D eigenvalue weighted by Gasteiger charge is -2.04. The standard InChI is InChI=1S/C13H14N2O3S/c1-9-6-11(15(2)14-9)8-19(18)12-5-3-4-10(7-12)13(16)17/h3-7H,8H2,1-2H3,(H,16,17). The highest BCUT2D eigenvalue weighted by Crippen LogP contribution is 2.14. The van der Waals surface area contributed by atoms with Crippen molar-refractivity contribution in [1.82, 2.24) is 9.78 Å². The van der Waals surface area contributed by atoms with Crippen molar-refractivity contribution in [2.24, 2.45) is 7.05 Å². The monoisotopic (exact) mass is 278 g/mol. The minimum atomic E-state index is -1.28. The van der Waals surface area contributed by atoms with E-state index in [0.29, 0.717) is 10.6 Å². The smallest absolute Gasteiger partial charge is 0.335 e. The topological polar surface area (TPSA) is 72.2 Å². The summed E-state index contributed by atoms with van der Waals surface area (Å²) in [5.41, 5.74) is 1.87. The van der Waals surface area contributed by atoms with Crippen LogP contribution in [0.25, 0.3) is 0 Å². The summed E-state index contributed by atoms with van der Waals surface area (Å²) < 4.78 is 13.9. The zero-order valence-corrected chi connectivity index (χ0v) is 11.5. The van der Waals surface area contributed by atoms with E-state index in [9.17, 15) is 9.00 Å². The van der Waals surface area contributed by atoms with Gasteiger partial charge in [0.05, 0.1) is 33.5 Å². The predicted octanol–water partition coefficient (Wildman–Crippen LogP) is 1.73. The van der Waals surface area contributed by atoms with Gasteiger partial charge in [-0.1, -0.05) is 6.07 Å². The van der Waals surface area contributed by atoms with Crippen molar-refractivity contribution in [3.05, 3.63) is 47.3 Å². The highest BCUT2D eigenvalue weighted by molar-refractivity contribution is 7.84. The molecule has 0 aliphatic heterocycles. The first-order chi connectivity index (χ1) is 8.97. The maximum absolute atomic E-state index is 12.2. The molecular weight excluding hydrogens is 264 g/mol. The van der Waals surface area contributed by atoms with Crippen LogP contribution in [0.1, 0.15) is 21.7 Å². The summed E-state index contributed by atoms with van der Waals surface area (Å²) >= 11 is 0. The van der Waals surface area contributed by atoms with Gasteiger partial charge in [0.1, 0.15) is 0 Å². The van der Waals surface area contributed by atoms with Crippen LogP contribution in [0.2, 0.25) is 0 Å². The van der Waals surface area contributed by atoms with Gasteiger partial charge >= 0.3 is 5.97 Å². The van der Waals surface area contributed by atoms with Gasteiger partial charge < -0.3 is 5.11 Å². The molecule has 0 amide bonds. The Bertz CT molecular complexity index is 649. The minimum absolute atomic E-state index is 0.145. The number of aryl methyl sites for hydroxylation is 2. The first-order valence-electron chi connectivity index (χ1n) is 5.68. The second-order valence-corrected chi connectivity index (χ2v) is 5.67. The molecule has 0 saturated heterocycles. The molecule has 1 unspecified atom stereocenters. The van der Waals surface area contributed by atoms with E-state index in [2.05, 4.69) is 5.10 Å². The molecule has 0 radical (unpaired) electrons. The van der Waals surface area contributed by atoms with Gasteiger partial charge in [0.15, 0.2) is 0 Å². The zero-order chi connectivity index (χ0) is 14.0. The van der Waals surface area contributed by atoms with Gasteiger partial charge in [-0.05, 0) is 31.2 Å². The number of aromatic carboxylic acids is 1. The zero-order valence-electron chi connectivity index (χ0n) is 10.7. The van der Waals surface area contributed by atoms with Crippen LogP contribution < -0.4 is 0 Å². The van der Waals surface area contributed by atoms with Crippen molar-refractivity contribution in [3.63, 3.8) is 0 Å². The first kappa shape index (κ1) is 13.5. The molecule has 19 heavy (non-hydrogen) atoms. The summed E-state index contributed by atoms with van der Waals surface area (Å²) in [7, 11) is 0.516. The molecule has 1 aromatic carbocycles. The van der Waals surface area contributed by atoms with Gasteiger partial charge in [-0.25, -0.2) is 4.79 Å². The Morgan fingerprint density at radius 1 is 1.42 bits per heavy atom. The van der Waals surface area contributed by atoms with Crippen LogP contribution in [0.3, 0.4) is 0 Å². The van der Waals surface area contributed by atoms with E-state index in [0.717, 1.165) is 11.4 Å². The summed E-state index contributed by atoms with van der Waals surface area (Å²) in [6, 6.07) is 8.08. The average molecular weight is 278 g/mol. The predicted molar refractivity (Wildman–Crippen MR) is 71.5 cm³/mol. The normalized spacial score (nSPS) is 12.3. The maximum Gasteiger partial charge on any atom is 0.335 e. The van der Waals surface area contributed by atoms with Crippen LogP contribution in [0.15, 0.2) is 35.2 Å². The Morgan fingerprint density at radius 3 is 2.74 bits per heavy atom. The molecule has 1 aromatic heterocycles. The van der Waals surface area contributed by atoms with E-state index in [4.69, 9.17) is 5.11 Å². The molecule has 0 bridgehead atoms. The number of hydrogen-bond acceptors (Lipinski definition) is 3. The number of carboxylic acids is 1. The molecule has 0 aliphatic carbocycles. The Labute approximate surface area is 113 Å². The molecule has 0 spiro atoms. The molecule has 2 rings (SSSR count). The van der Waals surface area contributed by atoms with Gasteiger partial charge in [-0.3, -0.25) is 8.89 Å². The number of hydrogen-bond donors (Lipinski definition) is 1. The molecule has 0 aliphatic rings. The van der Waals surface area contributed by atoms with Gasteiger partial charge in [0.25, 0.3) is 0 Å². The molecule has 1 atom stereocenters. The second-order valence-electron chi connectivity index (χ2n) is 4.22. The SMILES string of the molecule is Cc1cc(CS(=O)c2cccc(C(=O)O)c2)n(C)n1. The Hall–Kier alpha value is -1.95. The third-order valence-corrected chi connectivity index (χ3v) is 4.06. The lowest BCUT2D eigenvalue weighted by Crippen LogP contribution is -2.04. The van der Waals surface area contributed by atoms with E-state index < -0.39 is 16.8 Å². The van der Waals surface area contributed by atoms with Crippen LogP contribution in [-0.4, -0.2) is 25.1 Å². The third kappa shape index (κ3) is 3.08. The van der Waals surface area contributed by atoms with E-state index in [1.165, 1.54) is 12.1 Å². The van der Waals surface area contributed by atoms with Gasteiger partial charge in [0, 0.05) is 11.9 Å². The Kier molecular flexibility index (Phi) is 3.80. The first-order valence-corrected chi connectivity index (χ1v) is 7.00. The lowest BCUT2D eigenvalue weighted by atomic mass is 10.2. The van der Waals surface area contributed by atoms with Crippen LogP contribution >= 0.6 is 0 Å². The molecule has 5 nitrogen and oxygen atoms in total. The van der Waals surface area contributed by atoms with Crippen molar-refractivity contribution in [2.75, 3.05) is 0 Å². The van der Waals surface area contributed by atoms with E-state index >= 15 is 0 Å². The number of carboxylic acid groups (broad SMARTS) is 1. The summed E-state index contributed by atoms with van der Waals surface area (Å²) in [5, 5.41) is 13.1. The van der Waals surface area contributed by atoms with Crippen LogP contribution in [0, 0.1) is 6.92 Å². The van der Waals surface area contributed by atoms with Crippen LogP contribution in [0.4, 0.5) is 0 Å². The molecular formula is C13H14N2O3S. The van der Waals surface area contributed by atoms with E-state index in [1.807, 2.05) is 13.0 Å². The summed E-state index contributed by atoms with van der Waals surface area (Å²) in [4.78, 5) is 11.4. The number of carbonyl (C=O) groups is 1. The number of aromatic nitrogens is 2. The number of benzene rings is 1. The molecule has 2 aromatic rings. The fourth-order valence-electron chi connectivity index (χ4n) is 1.79. The average Bonchev–Trinajstić information content (AvgIpc) is 2.68. The van der Waals surface area contributed by atoms with Gasteiger partial charge in [-0.2, -0.15) is 5.10 Å². The van der Waals surface area contributed by atoms with E-state index in [-0.39, 0.29) is 5.56 Å². The number of nitrogens with zero attached hydrogens (tertiary/aromatic N) is 2. The molecule has 0 fully saturated rings. The lowest BCUT2D eigenvalue weighted by molar-refractivity contribution is 0.0696. The van der Waals surface area contributed by atoms with Crippen molar-refractivity contribution < 1.29 is 14.1 Å². The summed E-state index contributed by atoms with van der Waals surface area (Å²) in [5.74, 6) is -0.698. The quantitative estimate of drug-likeness (QED) is 0.924. The van der Waals surface area contributed by atoms with Crippen LogP contribution in [-0.2, 0) is 23.6 Å². The summed E-state index contributed by atoms with van der Waals surface area (Å²) in [6.07, 6.45) is 0. The second kappa shape index (κ2) is 5.36. The Balaban J connectivity index is 2.23.